The van der Waals surface area contributed by atoms with Crippen LogP contribution in [0.5, 0.6) is 5.88 Å². The van der Waals surface area contributed by atoms with E-state index in [1.54, 1.807) is 15.9 Å². The summed E-state index contributed by atoms with van der Waals surface area (Å²) in [6.45, 7) is 1.83. The molecule has 3 aromatic rings. The quantitative estimate of drug-likeness (QED) is 0.683. The Hall–Kier alpha value is -3.45. The molecule has 2 aromatic carbocycles. The van der Waals surface area contributed by atoms with E-state index < -0.39 is 5.60 Å². The van der Waals surface area contributed by atoms with Crippen molar-refractivity contribution < 1.29 is 19.8 Å². The van der Waals surface area contributed by atoms with Crippen molar-refractivity contribution in [3.05, 3.63) is 60.2 Å². The molecule has 158 valence electrons. The number of hydrogen-bond donors (Lipinski definition) is 2. The van der Waals surface area contributed by atoms with E-state index in [2.05, 4.69) is 4.98 Å². The molecule has 1 aliphatic carbocycles. The summed E-state index contributed by atoms with van der Waals surface area (Å²) in [5.74, 6) is -0.261. The van der Waals surface area contributed by atoms with Crippen molar-refractivity contribution in [1.29, 1.82) is 0 Å². The molecule has 2 amide bonds. The minimum atomic E-state index is -1.15. The molecular weight excluding hydrogens is 394 g/mol. The van der Waals surface area contributed by atoms with Crippen molar-refractivity contribution in [2.45, 2.75) is 18.4 Å². The molecule has 31 heavy (non-hydrogen) atoms. The summed E-state index contributed by atoms with van der Waals surface area (Å²) >= 11 is 0. The number of pyridine rings is 1. The fourth-order valence-corrected chi connectivity index (χ4v) is 4.02. The summed E-state index contributed by atoms with van der Waals surface area (Å²) < 4.78 is 0. The largest absolute Gasteiger partial charge is 0.493 e. The third-order valence-corrected chi connectivity index (χ3v) is 6.12. The lowest BCUT2D eigenvalue weighted by molar-refractivity contribution is -0.143. The van der Waals surface area contributed by atoms with Gasteiger partial charge in [0.25, 0.3) is 11.8 Å². The lowest BCUT2D eigenvalue weighted by Crippen LogP contribution is -2.53. The number of aromatic nitrogens is 1. The molecule has 1 saturated heterocycles. The van der Waals surface area contributed by atoms with Crippen LogP contribution in [-0.4, -0.2) is 68.6 Å². The number of benzene rings is 2. The Labute approximate surface area is 179 Å². The minimum Gasteiger partial charge on any atom is -0.493 e. The van der Waals surface area contributed by atoms with Gasteiger partial charge in [-0.15, -0.1) is 0 Å². The van der Waals surface area contributed by atoms with Crippen LogP contribution >= 0.6 is 0 Å². The van der Waals surface area contributed by atoms with Gasteiger partial charge in [0.1, 0.15) is 5.60 Å². The molecule has 0 spiro atoms. The van der Waals surface area contributed by atoms with Gasteiger partial charge >= 0.3 is 0 Å². The van der Waals surface area contributed by atoms with Gasteiger partial charge in [-0.2, -0.15) is 0 Å². The Kier molecular flexibility index (Phi) is 4.63. The number of hydrogen-bond acceptors (Lipinski definition) is 5. The standard InChI is InChI=1S/C24H23N3O4/c28-21-8-6-19-15-18(5-7-20(19)25-21)16-1-3-17(4-2-16)22(29)26-11-13-27(14-12-26)23(30)24(31)9-10-24/h1-8,15,31H,9-14H2,(H,25,28). The molecule has 2 fully saturated rings. The Morgan fingerprint density at radius 1 is 0.839 bits per heavy atom. The maximum Gasteiger partial charge on any atom is 0.254 e. The normalized spacial score (nSPS) is 17.6. The highest BCUT2D eigenvalue weighted by Crippen LogP contribution is 2.37. The maximum atomic E-state index is 12.9. The van der Waals surface area contributed by atoms with Crippen molar-refractivity contribution in [2.24, 2.45) is 0 Å². The molecule has 1 saturated carbocycles. The van der Waals surface area contributed by atoms with Crippen LogP contribution in [0.3, 0.4) is 0 Å². The van der Waals surface area contributed by atoms with Crippen molar-refractivity contribution in [3.8, 4) is 17.0 Å². The number of piperazine rings is 1. The van der Waals surface area contributed by atoms with Crippen LogP contribution in [0.4, 0.5) is 0 Å². The van der Waals surface area contributed by atoms with E-state index in [1.807, 2.05) is 48.5 Å². The predicted molar refractivity (Wildman–Crippen MR) is 116 cm³/mol. The molecule has 0 unspecified atom stereocenters. The fraction of sp³-hybridized carbons (Fsp3) is 0.292. The number of fused-ring (bicyclic) bond motifs is 1. The molecule has 0 radical (unpaired) electrons. The average molecular weight is 417 g/mol. The molecule has 0 bridgehead atoms. The number of aliphatic hydroxyl groups is 1. The van der Waals surface area contributed by atoms with Crippen molar-refractivity contribution in [3.63, 3.8) is 0 Å². The van der Waals surface area contributed by atoms with Crippen LogP contribution in [0.25, 0.3) is 22.0 Å². The van der Waals surface area contributed by atoms with Gasteiger partial charge in [0.2, 0.25) is 5.88 Å². The first-order chi connectivity index (χ1) is 14.9. The lowest BCUT2D eigenvalue weighted by Gasteiger charge is -2.35. The number of rotatable bonds is 3. The highest BCUT2D eigenvalue weighted by molar-refractivity contribution is 5.95. The monoisotopic (exact) mass is 417 g/mol. The van der Waals surface area contributed by atoms with Gasteiger partial charge in [-0.1, -0.05) is 18.2 Å². The Morgan fingerprint density at radius 2 is 1.48 bits per heavy atom. The van der Waals surface area contributed by atoms with Gasteiger partial charge in [-0.25, -0.2) is 4.98 Å². The van der Waals surface area contributed by atoms with E-state index in [0.717, 1.165) is 22.0 Å². The first-order valence-corrected chi connectivity index (χ1v) is 10.4. The second-order valence-corrected chi connectivity index (χ2v) is 8.27. The highest BCUT2D eigenvalue weighted by atomic mass is 16.3. The van der Waals surface area contributed by atoms with E-state index in [9.17, 15) is 19.8 Å². The van der Waals surface area contributed by atoms with E-state index in [4.69, 9.17) is 0 Å². The number of amides is 2. The van der Waals surface area contributed by atoms with Gasteiger partial charge in [0, 0.05) is 43.2 Å². The van der Waals surface area contributed by atoms with Crippen LogP contribution in [0.1, 0.15) is 23.2 Å². The predicted octanol–water partition coefficient (Wildman–Crippen LogP) is 2.42. The topological polar surface area (TPSA) is 94.0 Å². The van der Waals surface area contributed by atoms with Gasteiger partial charge in [-0.3, -0.25) is 9.59 Å². The van der Waals surface area contributed by atoms with Crippen LogP contribution in [0, 0.1) is 0 Å². The average Bonchev–Trinajstić information content (AvgIpc) is 3.56. The summed E-state index contributed by atoms with van der Waals surface area (Å²) in [5, 5.41) is 20.4. The number of carbonyl (C=O) groups is 2. The van der Waals surface area contributed by atoms with Gasteiger partial charge in [0.05, 0.1) is 5.52 Å². The lowest BCUT2D eigenvalue weighted by atomic mass is 10.0. The first kappa shape index (κ1) is 19.5. The summed E-state index contributed by atoms with van der Waals surface area (Å²) in [6, 6.07) is 16.7. The van der Waals surface area contributed by atoms with Gasteiger partial charge in [0.15, 0.2) is 0 Å². The Morgan fingerprint density at radius 3 is 2.16 bits per heavy atom. The third kappa shape index (κ3) is 3.72. The van der Waals surface area contributed by atoms with Crippen molar-refractivity contribution >= 4 is 22.7 Å². The van der Waals surface area contributed by atoms with Crippen molar-refractivity contribution in [1.82, 2.24) is 14.8 Å². The summed E-state index contributed by atoms with van der Waals surface area (Å²) in [4.78, 5) is 32.7. The summed E-state index contributed by atoms with van der Waals surface area (Å²) in [6.07, 6.45) is 1.07. The minimum absolute atomic E-state index is 0.00304. The van der Waals surface area contributed by atoms with Crippen LogP contribution in [-0.2, 0) is 4.79 Å². The van der Waals surface area contributed by atoms with E-state index >= 15 is 0 Å². The maximum absolute atomic E-state index is 12.9. The van der Waals surface area contributed by atoms with Crippen LogP contribution in [0.15, 0.2) is 54.6 Å². The second-order valence-electron chi connectivity index (χ2n) is 8.27. The van der Waals surface area contributed by atoms with E-state index in [0.29, 0.717) is 44.6 Å². The van der Waals surface area contributed by atoms with E-state index in [1.165, 1.54) is 0 Å². The molecule has 2 N–H and O–H groups in total. The molecule has 1 aromatic heterocycles. The van der Waals surface area contributed by atoms with Crippen LogP contribution < -0.4 is 0 Å². The number of aromatic hydroxyl groups is 1. The zero-order chi connectivity index (χ0) is 21.6. The second kappa shape index (κ2) is 7.35. The first-order valence-electron chi connectivity index (χ1n) is 10.4. The highest BCUT2D eigenvalue weighted by Gasteiger charge is 2.50. The number of carbonyl (C=O) groups excluding carboxylic acids is 2. The zero-order valence-electron chi connectivity index (χ0n) is 17.0. The SMILES string of the molecule is O=C(c1ccc(-c2ccc3nc(O)ccc3c2)cc1)N1CCN(C(=O)C2(O)CC2)CC1. The summed E-state index contributed by atoms with van der Waals surface area (Å²) in [5.41, 5.74) is 2.17. The Bertz CT molecular complexity index is 1160. The smallest absolute Gasteiger partial charge is 0.254 e. The summed E-state index contributed by atoms with van der Waals surface area (Å²) in [7, 11) is 0. The molecule has 7 heteroatoms. The van der Waals surface area contributed by atoms with Crippen LogP contribution in [0.2, 0.25) is 0 Å². The number of nitrogens with zero attached hydrogens (tertiary/aromatic N) is 3. The molecule has 1 aliphatic heterocycles. The third-order valence-electron chi connectivity index (χ3n) is 6.12. The molecule has 2 heterocycles. The van der Waals surface area contributed by atoms with Gasteiger partial charge < -0.3 is 20.0 Å². The fourth-order valence-electron chi connectivity index (χ4n) is 4.02. The molecule has 7 nitrogen and oxygen atoms in total. The Balaban J connectivity index is 1.26. The van der Waals surface area contributed by atoms with Gasteiger partial charge in [-0.05, 0) is 54.3 Å². The van der Waals surface area contributed by atoms with Crippen molar-refractivity contribution in [2.75, 3.05) is 26.2 Å². The van der Waals surface area contributed by atoms with E-state index in [-0.39, 0.29) is 17.7 Å². The molecule has 2 aliphatic rings. The molecular formula is C24H23N3O4. The molecule has 5 rings (SSSR count). The zero-order valence-corrected chi connectivity index (χ0v) is 17.0. The molecule has 0 atom stereocenters.